The maximum absolute atomic E-state index is 10.3. The molecule has 0 aromatic heterocycles. The molecule has 5 heteroatoms. The molecular formula is C23H25NO4. The molecule has 5 nitrogen and oxygen atoms in total. The number of rotatable bonds is 8. The van der Waals surface area contributed by atoms with E-state index in [-0.39, 0.29) is 5.75 Å². The summed E-state index contributed by atoms with van der Waals surface area (Å²) in [5, 5.41) is 13.7. The van der Waals surface area contributed by atoms with Crippen molar-refractivity contribution in [2.24, 2.45) is 0 Å². The summed E-state index contributed by atoms with van der Waals surface area (Å²) in [7, 11) is 4.94. The maximum Gasteiger partial charge on any atom is 0.126 e. The zero-order valence-corrected chi connectivity index (χ0v) is 16.4. The fourth-order valence-electron chi connectivity index (χ4n) is 3.12. The minimum Gasteiger partial charge on any atom is -0.508 e. The van der Waals surface area contributed by atoms with Crippen molar-refractivity contribution in [2.75, 3.05) is 21.3 Å². The number of methoxy groups -OCH3 is 3. The van der Waals surface area contributed by atoms with E-state index in [9.17, 15) is 5.11 Å². The Morgan fingerprint density at radius 3 is 2.25 bits per heavy atom. The van der Waals surface area contributed by atoms with E-state index in [0.717, 1.165) is 39.5 Å². The van der Waals surface area contributed by atoms with Crippen LogP contribution in [0.4, 0.5) is 0 Å². The molecule has 146 valence electrons. The SMILES string of the molecule is COc1ccc(OC)c(-c2ccc(O)c(CNCc3ccccc3OC)c2)c1. The first-order valence-electron chi connectivity index (χ1n) is 9.03. The predicted octanol–water partition coefficient (Wildman–Crippen LogP) is 4.37. The Bertz CT molecular complexity index is 940. The van der Waals surface area contributed by atoms with Gasteiger partial charge in [0.2, 0.25) is 0 Å². The number of aromatic hydroxyl groups is 1. The van der Waals surface area contributed by atoms with Gasteiger partial charge in [-0.25, -0.2) is 0 Å². The third-order valence-corrected chi connectivity index (χ3v) is 4.62. The molecule has 0 aliphatic heterocycles. The van der Waals surface area contributed by atoms with Gasteiger partial charge in [-0.2, -0.15) is 0 Å². The molecule has 0 radical (unpaired) electrons. The molecule has 3 aromatic rings. The zero-order valence-electron chi connectivity index (χ0n) is 16.4. The van der Waals surface area contributed by atoms with Crippen molar-refractivity contribution in [3.8, 4) is 34.1 Å². The Kier molecular flexibility index (Phi) is 6.40. The summed E-state index contributed by atoms with van der Waals surface area (Å²) in [5.74, 6) is 2.59. The lowest BCUT2D eigenvalue weighted by Crippen LogP contribution is -2.13. The Balaban J connectivity index is 1.80. The van der Waals surface area contributed by atoms with Gasteiger partial charge >= 0.3 is 0 Å². The monoisotopic (exact) mass is 379 g/mol. The van der Waals surface area contributed by atoms with E-state index in [1.54, 1.807) is 27.4 Å². The van der Waals surface area contributed by atoms with Crippen molar-refractivity contribution < 1.29 is 19.3 Å². The van der Waals surface area contributed by atoms with Crippen molar-refractivity contribution in [3.63, 3.8) is 0 Å². The average molecular weight is 379 g/mol. The molecule has 0 fully saturated rings. The maximum atomic E-state index is 10.3. The van der Waals surface area contributed by atoms with E-state index in [4.69, 9.17) is 14.2 Å². The molecule has 2 N–H and O–H groups in total. The van der Waals surface area contributed by atoms with E-state index in [2.05, 4.69) is 5.32 Å². The van der Waals surface area contributed by atoms with E-state index < -0.39 is 0 Å². The van der Waals surface area contributed by atoms with Crippen LogP contribution in [0.3, 0.4) is 0 Å². The second-order valence-electron chi connectivity index (χ2n) is 6.33. The van der Waals surface area contributed by atoms with Gasteiger partial charge in [0.1, 0.15) is 23.0 Å². The Labute approximate surface area is 165 Å². The van der Waals surface area contributed by atoms with Crippen LogP contribution in [0.2, 0.25) is 0 Å². The van der Waals surface area contributed by atoms with Gasteiger partial charge in [0.25, 0.3) is 0 Å². The van der Waals surface area contributed by atoms with Crippen LogP contribution in [0.1, 0.15) is 11.1 Å². The molecule has 3 aromatic carbocycles. The molecule has 28 heavy (non-hydrogen) atoms. The molecule has 0 aliphatic carbocycles. The van der Waals surface area contributed by atoms with E-state index >= 15 is 0 Å². The Hall–Kier alpha value is -3.18. The third kappa shape index (κ3) is 4.38. The van der Waals surface area contributed by atoms with Crippen molar-refractivity contribution in [2.45, 2.75) is 13.1 Å². The quantitative estimate of drug-likeness (QED) is 0.608. The Morgan fingerprint density at radius 2 is 1.50 bits per heavy atom. The summed E-state index contributed by atoms with van der Waals surface area (Å²) < 4.78 is 16.2. The molecule has 0 aliphatic rings. The Morgan fingerprint density at radius 1 is 0.750 bits per heavy atom. The third-order valence-electron chi connectivity index (χ3n) is 4.62. The molecule has 0 amide bonds. The molecule has 0 bridgehead atoms. The van der Waals surface area contributed by atoms with Gasteiger partial charge in [-0.1, -0.05) is 24.3 Å². The van der Waals surface area contributed by atoms with Gasteiger partial charge in [0.15, 0.2) is 0 Å². The van der Waals surface area contributed by atoms with Gasteiger partial charge in [0, 0.05) is 29.8 Å². The summed E-state index contributed by atoms with van der Waals surface area (Å²) >= 11 is 0. The topological polar surface area (TPSA) is 60.0 Å². The minimum atomic E-state index is 0.248. The summed E-state index contributed by atoms with van der Waals surface area (Å²) in [5.41, 5.74) is 3.72. The number of benzene rings is 3. The fourth-order valence-corrected chi connectivity index (χ4v) is 3.12. The first-order chi connectivity index (χ1) is 13.7. The van der Waals surface area contributed by atoms with Gasteiger partial charge in [-0.15, -0.1) is 0 Å². The normalized spacial score (nSPS) is 10.5. The van der Waals surface area contributed by atoms with Crippen LogP contribution in [0.15, 0.2) is 60.7 Å². The number of hydrogen-bond acceptors (Lipinski definition) is 5. The number of nitrogens with one attached hydrogen (secondary N) is 1. The van der Waals surface area contributed by atoms with Gasteiger partial charge in [0.05, 0.1) is 21.3 Å². The lowest BCUT2D eigenvalue weighted by atomic mass is 10.0. The highest BCUT2D eigenvalue weighted by atomic mass is 16.5. The minimum absolute atomic E-state index is 0.248. The van der Waals surface area contributed by atoms with Gasteiger partial charge in [-0.3, -0.25) is 0 Å². The highest BCUT2D eigenvalue weighted by molar-refractivity contribution is 5.73. The molecule has 0 heterocycles. The molecule has 0 atom stereocenters. The number of phenols is 1. The van der Waals surface area contributed by atoms with Gasteiger partial charge < -0.3 is 24.6 Å². The van der Waals surface area contributed by atoms with Crippen LogP contribution >= 0.6 is 0 Å². The highest BCUT2D eigenvalue weighted by Gasteiger charge is 2.11. The largest absolute Gasteiger partial charge is 0.508 e. The summed E-state index contributed by atoms with van der Waals surface area (Å²) in [6.45, 7) is 1.15. The second-order valence-corrected chi connectivity index (χ2v) is 6.33. The van der Waals surface area contributed by atoms with E-state index in [1.165, 1.54) is 0 Å². The molecular weight excluding hydrogens is 354 g/mol. The molecule has 0 saturated carbocycles. The van der Waals surface area contributed by atoms with Crippen molar-refractivity contribution in [1.29, 1.82) is 0 Å². The predicted molar refractivity (Wildman–Crippen MR) is 110 cm³/mol. The van der Waals surface area contributed by atoms with Gasteiger partial charge in [-0.05, 0) is 42.0 Å². The highest BCUT2D eigenvalue weighted by Crippen LogP contribution is 2.35. The smallest absolute Gasteiger partial charge is 0.126 e. The lowest BCUT2D eigenvalue weighted by molar-refractivity contribution is 0.404. The first kappa shape index (κ1) is 19.6. The molecule has 3 rings (SSSR count). The number of para-hydroxylation sites is 1. The van der Waals surface area contributed by atoms with Crippen LogP contribution in [-0.4, -0.2) is 26.4 Å². The van der Waals surface area contributed by atoms with Crippen LogP contribution in [-0.2, 0) is 13.1 Å². The fraction of sp³-hybridized carbons (Fsp3) is 0.217. The van der Waals surface area contributed by atoms with E-state index in [1.807, 2.05) is 54.6 Å². The van der Waals surface area contributed by atoms with Crippen LogP contribution in [0.5, 0.6) is 23.0 Å². The molecule has 0 saturated heterocycles. The summed E-state index contributed by atoms with van der Waals surface area (Å²) in [6, 6.07) is 19.1. The first-order valence-corrected chi connectivity index (χ1v) is 9.03. The summed E-state index contributed by atoms with van der Waals surface area (Å²) in [4.78, 5) is 0. The number of phenolic OH excluding ortho intramolecular Hbond substituents is 1. The van der Waals surface area contributed by atoms with Crippen molar-refractivity contribution in [1.82, 2.24) is 5.32 Å². The molecule has 0 unspecified atom stereocenters. The van der Waals surface area contributed by atoms with Crippen molar-refractivity contribution in [3.05, 3.63) is 71.8 Å². The number of ether oxygens (including phenoxy) is 3. The summed E-state index contributed by atoms with van der Waals surface area (Å²) in [6.07, 6.45) is 0. The van der Waals surface area contributed by atoms with Crippen molar-refractivity contribution >= 4 is 0 Å². The number of hydrogen-bond donors (Lipinski definition) is 2. The zero-order chi connectivity index (χ0) is 19.9. The average Bonchev–Trinajstić information content (AvgIpc) is 2.75. The van der Waals surface area contributed by atoms with Crippen LogP contribution in [0.25, 0.3) is 11.1 Å². The van der Waals surface area contributed by atoms with Crippen LogP contribution in [0, 0.1) is 0 Å². The second kappa shape index (κ2) is 9.15. The van der Waals surface area contributed by atoms with Crippen LogP contribution < -0.4 is 19.5 Å². The molecule has 0 spiro atoms. The van der Waals surface area contributed by atoms with E-state index in [0.29, 0.717) is 13.1 Å². The standard InChI is InChI=1S/C23H25NO4/c1-26-19-9-11-23(28-3)20(13-19)16-8-10-21(25)18(12-16)15-24-14-17-6-4-5-7-22(17)27-2/h4-13,24-25H,14-15H2,1-3H3. The lowest BCUT2D eigenvalue weighted by Gasteiger charge is -2.14.